The molecule has 76 valence electrons. The van der Waals surface area contributed by atoms with Crippen LogP contribution in [0.25, 0.3) is 0 Å². The number of hydrogen-bond donors (Lipinski definition) is 2. The average Bonchev–Trinajstić information content (AvgIpc) is 2.01. The van der Waals surface area contributed by atoms with Crippen molar-refractivity contribution in [3.05, 3.63) is 29.3 Å². The van der Waals surface area contributed by atoms with Crippen LogP contribution < -0.4 is 5.73 Å². The molecule has 0 saturated heterocycles. The molecule has 0 spiro atoms. The van der Waals surface area contributed by atoms with Crippen molar-refractivity contribution < 1.29 is 9.90 Å². The molecule has 0 aliphatic rings. The summed E-state index contributed by atoms with van der Waals surface area (Å²) in [6.45, 7) is 3.64. The van der Waals surface area contributed by atoms with Gasteiger partial charge in [-0.05, 0) is 36.6 Å². The second kappa shape index (κ2) is 4.13. The van der Waals surface area contributed by atoms with E-state index in [0.717, 1.165) is 11.1 Å². The highest BCUT2D eigenvalue weighted by molar-refractivity contribution is 5.70. The van der Waals surface area contributed by atoms with Crippen LogP contribution in [0.15, 0.2) is 18.2 Å². The Labute approximate surface area is 83.6 Å². The highest BCUT2D eigenvalue weighted by atomic mass is 16.4. The average molecular weight is 193 g/mol. The fraction of sp³-hybridized carbons (Fsp3) is 0.364. The largest absolute Gasteiger partial charge is 0.481 e. The van der Waals surface area contributed by atoms with Crippen LogP contribution >= 0.6 is 0 Å². The lowest BCUT2D eigenvalue weighted by Gasteiger charge is -2.07. The Morgan fingerprint density at radius 3 is 2.64 bits per heavy atom. The first-order chi connectivity index (χ1) is 6.49. The van der Waals surface area contributed by atoms with Crippen LogP contribution in [0, 0.1) is 12.8 Å². The number of carbonyl (C=O) groups is 1. The molecule has 0 heterocycles. The summed E-state index contributed by atoms with van der Waals surface area (Å²) in [6, 6.07) is 5.66. The third kappa shape index (κ3) is 2.76. The van der Waals surface area contributed by atoms with E-state index in [1.165, 1.54) is 0 Å². The Morgan fingerprint density at radius 2 is 2.14 bits per heavy atom. The van der Waals surface area contributed by atoms with E-state index in [4.69, 9.17) is 10.8 Å². The summed E-state index contributed by atoms with van der Waals surface area (Å²) in [7, 11) is 0. The molecule has 0 radical (unpaired) electrons. The zero-order valence-electron chi connectivity index (χ0n) is 8.45. The number of nitrogens with two attached hydrogens (primary N) is 1. The lowest BCUT2D eigenvalue weighted by atomic mass is 9.99. The number of carboxylic acids is 1. The topological polar surface area (TPSA) is 63.3 Å². The van der Waals surface area contributed by atoms with Crippen molar-refractivity contribution in [3.63, 3.8) is 0 Å². The summed E-state index contributed by atoms with van der Waals surface area (Å²) in [6.07, 6.45) is 0.529. The molecule has 0 saturated carbocycles. The second-order valence-corrected chi connectivity index (χ2v) is 3.70. The van der Waals surface area contributed by atoms with Gasteiger partial charge < -0.3 is 10.8 Å². The number of nitrogen functional groups attached to an aromatic ring is 1. The molecule has 0 bridgehead atoms. The number of aliphatic carboxylic acids is 1. The summed E-state index contributed by atoms with van der Waals surface area (Å²) in [5, 5.41) is 8.75. The third-order valence-corrected chi connectivity index (χ3v) is 2.12. The molecule has 0 aromatic heterocycles. The van der Waals surface area contributed by atoms with E-state index in [0.29, 0.717) is 12.1 Å². The first-order valence-corrected chi connectivity index (χ1v) is 4.58. The van der Waals surface area contributed by atoms with Gasteiger partial charge in [0.1, 0.15) is 0 Å². The van der Waals surface area contributed by atoms with Gasteiger partial charge in [-0.25, -0.2) is 0 Å². The van der Waals surface area contributed by atoms with Crippen LogP contribution in [0.5, 0.6) is 0 Å². The highest BCUT2D eigenvalue weighted by Gasteiger charge is 2.11. The van der Waals surface area contributed by atoms with E-state index in [1.807, 2.05) is 25.1 Å². The van der Waals surface area contributed by atoms with Crippen LogP contribution in [0.3, 0.4) is 0 Å². The Morgan fingerprint density at radius 1 is 1.50 bits per heavy atom. The van der Waals surface area contributed by atoms with Crippen LogP contribution in [0.1, 0.15) is 18.1 Å². The quantitative estimate of drug-likeness (QED) is 0.720. The lowest BCUT2D eigenvalue weighted by Crippen LogP contribution is -2.12. The summed E-state index contributed by atoms with van der Waals surface area (Å²) in [4.78, 5) is 10.6. The van der Waals surface area contributed by atoms with Gasteiger partial charge in [-0.3, -0.25) is 4.79 Å². The molecule has 0 fully saturated rings. The monoisotopic (exact) mass is 193 g/mol. The molecule has 0 aliphatic carbocycles. The van der Waals surface area contributed by atoms with Crippen LogP contribution in [-0.2, 0) is 11.2 Å². The highest BCUT2D eigenvalue weighted by Crippen LogP contribution is 2.15. The minimum atomic E-state index is -0.773. The van der Waals surface area contributed by atoms with Gasteiger partial charge in [0, 0.05) is 5.69 Å². The predicted molar refractivity (Wildman–Crippen MR) is 56.1 cm³/mol. The van der Waals surface area contributed by atoms with Crippen molar-refractivity contribution >= 4 is 11.7 Å². The number of carboxylic acid groups (broad SMARTS) is 1. The molecule has 3 heteroatoms. The zero-order valence-corrected chi connectivity index (χ0v) is 8.45. The molecular formula is C11H15NO2. The molecule has 3 nitrogen and oxygen atoms in total. The molecule has 0 aliphatic heterocycles. The van der Waals surface area contributed by atoms with Crippen molar-refractivity contribution in [2.24, 2.45) is 5.92 Å². The fourth-order valence-electron chi connectivity index (χ4n) is 1.45. The van der Waals surface area contributed by atoms with E-state index in [9.17, 15) is 4.79 Å². The SMILES string of the molecule is Cc1cc(N)cc(CC(C)C(=O)O)c1. The molecule has 1 aromatic carbocycles. The number of aryl methyl sites for hydroxylation is 1. The Hall–Kier alpha value is -1.51. The Bertz CT molecular complexity index is 327. The maximum Gasteiger partial charge on any atom is 0.306 e. The number of anilines is 1. The summed E-state index contributed by atoms with van der Waals surface area (Å²) in [5.74, 6) is -1.14. The Kier molecular flexibility index (Phi) is 3.12. The normalized spacial score (nSPS) is 12.4. The standard InChI is InChI=1S/C11H15NO2/c1-7-3-9(6-10(12)4-7)5-8(2)11(13)14/h3-4,6,8H,5,12H2,1-2H3,(H,13,14). The molecule has 0 amide bonds. The van der Waals surface area contributed by atoms with Gasteiger partial charge in [0.2, 0.25) is 0 Å². The van der Waals surface area contributed by atoms with Crippen molar-refractivity contribution in [3.8, 4) is 0 Å². The van der Waals surface area contributed by atoms with E-state index >= 15 is 0 Å². The smallest absolute Gasteiger partial charge is 0.306 e. The van der Waals surface area contributed by atoms with Crippen molar-refractivity contribution in [1.29, 1.82) is 0 Å². The molecule has 1 aromatic rings. The summed E-state index contributed by atoms with van der Waals surface area (Å²) < 4.78 is 0. The predicted octanol–water partition coefficient (Wildman–Crippen LogP) is 1.84. The summed E-state index contributed by atoms with van der Waals surface area (Å²) >= 11 is 0. The first kappa shape index (κ1) is 10.6. The van der Waals surface area contributed by atoms with Gasteiger partial charge in [-0.2, -0.15) is 0 Å². The van der Waals surface area contributed by atoms with Gasteiger partial charge in [0.05, 0.1) is 5.92 Å². The molecular weight excluding hydrogens is 178 g/mol. The minimum absolute atomic E-state index is 0.365. The fourth-order valence-corrected chi connectivity index (χ4v) is 1.45. The van der Waals surface area contributed by atoms with E-state index in [2.05, 4.69) is 0 Å². The minimum Gasteiger partial charge on any atom is -0.481 e. The summed E-state index contributed by atoms with van der Waals surface area (Å²) in [5.41, 5.74) is 8.41. The molecule has 1 rings (SSSR count). The van der Waals surface area contributed by atoms with E-state index < -0.39 is 5.97 Å². The molecule has 14 heavy (non-hydrogen) atoms. The van der Waals surface area contributed by atoms with Crippen LogP contribution in [0.4, 0.5) is 5.69 Å². The number of hydrogen-bond acceptors (Lipinski definition) is 2. The third-order valence-electron chi connectivity index (χ3n) is 2.12. The maximum absolute atomic E-state index is 10.6. The van der Waals surface area contributed by atoms with Gasteiger partial charge >= 0.3 is 5.97 Å². The van der Waals surface area contributed by atoms with Crippen LogP contribution in [-0.4, -0.2) is 11.1 Å². The van der Waals surface area contributed by atoms with Gasteiger partial charge in [0.25, 0.3) is 0 Å². The van der Waals surface area contributed by atoms with Gasteiger partial charge in [-0.1, -0.05) is 13.0 Å². The maximum atomic E-state index is 10.6. The van der Waals surface area contributed by atoms with E-state index in [1.54, 1.807) is 6.92 Å². The molecule has 1 unspecified atom stereocenters. The van der Waals surface area contributed by atoms with Gasteiger partial charge in [0.15, 0.2) is 0 Å². The molecule has 1 atom stereocenters. The van der Waals surface area contributed by atoms with Crippen molar-refractivity contribution in [2.75, 3.05) is 5.73 Å². The lowest BCUT2D eigenvalue weighted by molar-refractivity contribution is -0.141. The van der Waals surface area contributed by atoms with E-state index in [-0.39, 0.29) is 5.92 Å². The first-order valence-electron chi connectivity index (χ1n) is 4.58. The Balaban J connectivity index is 2.81. The van der Waals surface area contributed by atoms with Crippen LogP contribution in [0.2, 0.25) is 0 Å². The number of benzene rings is 1. The van der Waals surface area contributed by atoms with Crippen molar-refractivity contribution in [2.45, 2.75) is 20.3 Å². The second-order valence-electron chi connectivity index (χ2n) is 3.70. The van der Waals surface area contributed by atoms with Gasteiger partial charge in [-0.15, -0.1) is 0 Å². The molecule has 3 N–H and O–H groups in total. The number of rotatable bonds is 3. The van der Waals surface area contributed by atoms with Crippen molar-refractivity contribution in [1.82, 2.24) is 0 Å². The zero-order chi connectivity index (χ0) is 10.7.